The van der Waals surface area contributed by atoms with Gasteiger partial charge in [0.1, 0.15) is 0 Å². The third kappa shape index (κ3) is 62.6. The molecule has 0 aliphatic carbocycles. The summed E-state index contributed by atoms with van der Waals surface area (Å²) in [5.41, 5.74) is 0. The summed E-state index contributed by atoms with van der Waals surface area (Å²) in [5, 5.41) is 23.1. The summed E-state index contributed by atoms with van der Waals surface area (Å²) in [5.74, 6) is -1.67. The Labute approximate surface area is 148 Å². The second kappa shape index (κ2) is 29.1. The van der Waals surface area contributed by atoms with Crippen LogP contribution in [-0.4, -0.2) is 59.3 Å². The molecular weight excluding hydrogens is 351 g/mol. The quantitative estimate of drug-likeness (QED) is 0.478. The van der Waals surface area contributed by atoms with E-state index in [-0.39, 0.29) is 27.4 Å². The van der Waals surface area contributed by atoms with Gasteiger partial charge in [-0.25, -0.2) is 0 Å². The Morgan fingerprint density at radius 1 is 0.826 bits per heavy atom. The van der Waals surface area contributed by atoms with Crippen LogP contribution in [0.4, 0.5) is 0 Å². The molecule has 2 aliphatic heterocycles. The van der Waals surface area contributed by atoms with Crippen molar-refractivity contribution >= 4 is 11.9 Å². The molecule has 0 aromatic rings. The summed E-state index contributed by atoms with van der Waals surface area (Å²) >= 11 is 0. The molecule has 1 fully saturated rings. The van der Waals surface area contributed by atoms with Crippen molar-refractivity contribution in [3.63, 3.8) is 0 Å². The molecule has 0 bridgehead atoms. The Bertz CT molecular complexity index is 234. The first-order valence-corrected chi connectivity index (χ1v) is 6.77. The molecule has 0 atom stereocenters. The third-order valence-corrected chi connectivity index (χ3v) is 1.99. The Balaban J connectivity index is -0.0000000613. The summed E-state index contributed by atoms with van der Waals surface area (Å²) in [6, 6.07) is 0. The molecule has 8 nitrogen and oxygen atoms in total. The number of rotatable bonds is 0. The summed E-state index contributed by atoms with van der Waals surface area (Å²) in [6.45, 7) is 6.40. The number of hydrogen-bond acceptors (Lipinski definition) is 2. The van der Waals surface area contributed by atoms with E-state index in [9.17, 15) is 0 Å². The molecule has 23 heavy (non-hydrogen) atoms. The Hall–Kier alpha value is -0.986. The molecule has 0 saturated carbocycles. The van der Waals surface area contributed by atoms with Crippen molar-refractivity contribution in [3.05, 3.63) is 22.8 Å². The van der Waals surface area contributed by atoms with E-state index in [0.717, 1.165) is 46.4 Å². The summed E-state index contributed by atoms with van der Waals surface area (Å²) < 4.78 is 0. The average molecular weight is 381 g/mol. The minimum absolute atomic E-state index is 0. The number of hydrogen-bond donors (Lipinski definition) is 2. The fraction of sp³-hybridized carbons (Fsp3) is 0.714. The predicted molar refractivity (Wildman–Crippen MR) is 87.6 cm³/mol. The normalized spacial score (nSPS) is 14.0. The van der Waals surface area contributed by atoms with Crippen molar-refractivity contribution in [2.45, 2.75) is 39.5 Å². The van der Waals surface area contributed by atoms with Crippen LogP contribution in [0.3, 0.4) is 0 Å². The number of nitrogens with zero attached hydrogens (tertiary/aromatic N) is 2. The van der Waals surface area contributed by atoms with Gasteiger partial charge in [0, 0.05) is 13.8 Å². The monoisotopic (exact) mass is 380 g/mol. The van der Waals surface area contributed by atoms with Crippen LogP contribution in [0.25, 0.3) is 10.6 Å². The summed E-state index contributed by atoms with van der Waals surface area (Å²) in [4.78, 5) is 18.0. The second-order valence-electron chi connectivity index (χ2n) is 4.16. The van der Waals surface area contributed by atoms with Crippen molar-refractivity contribution in [3.8, 4) is 0 Å². The van der Waals surface area contributed by atoms with Gasteiger partial charge >= 0.3 is 16.5 Å². The van der Waals surface area contributed by atoms with Gasteiger partial charge in [-0.2, -0.15) is 0 Å². The van der Waals surface area contributed by atoms with Gasteiger partial charge in [-0.05, 0) is 0 Å². The topological polar surface area (TPSA) is 166 Å². The molecule has 0 radical (unpaired) electrons. The maximum atomic E-state index is 9.00. The molecule has 0 unspecified atom stereocenters. The van der Waals surface area contributed by atoms with Crippen LogP contribution in [0.2, 0.25) is 0 Å². The first-order valence-electron chi connectivity index (χ1n) is 6.77. The van der Waals surface area contributed by atoms with E-state index < -0.39 is 11.9 Å². The fourth-order valence-corrected chi connectivity index (χ4v) is 1.26. The van der Waals surface area contributed by atoms with Gasteiger partial charge in [0.05, 0.1) is 0 Å². The van der Waals surface area contributed by atoms with Crippen LogP contribution in [0.15, 0.2) is 12.2 Å². The van der Waals surface area contributed by atoms with Gasteiger partial charge in [0.15, 0.2) is 0 Å². The van der Waals surface area contributed by atoms with Crippen molar-refractivity contribution in [2.75, 3.05) is 26.2 Å². The van der Waals surface area contributed by atoms with Gasteiger partial charge in [-0.15, -0.1) is 32.3 Å². The van der Waals surface area contributed by atoms with E-state index in [1.165, 1.54) is 19.3 Å². The summed E-state index contributed by atoms with van der Waals surface area (Å²) in [7, 11) is 0. The van der Waals surface area contributed by atoms with E-state index in [2.05, 4.69) is 22.8 Å². The van der Waals surface area contributed by atoms with Crippen LogP contribution in [0.1, 0.15) is 39.5 Å². The Morgan fingerprint density at radius 2 is 1.26 bits per heavy atom. The van der Waals surface area contributed by atoms with Crippen molar-refractivity contribution in [1.82, 2.24) is 0 Å². The molecule has 1 saturated heterocycles. The van der Waals surface area contributed by atoms with Crippen LogP contribution >= 0.6 is 0 Å². The fourth-order valence-electron chi connectivity index (χ4n) is 1.26. The minimum Gasteiger partial charge on any atom is -0.662 e. The SMILES string of the molecule is C1=CC[N-]CC1.C1CC[N-]CC1.CC(=O)O.CC(=O)O.O.O.[Ni+2]. The predicted octanol–water partition coefficient (Wildman–Crippen LogP) is 1.39. The molecular formula is C14H30N2NiO6. The number of piperidine rings is 1. The van der Waals surface area contributed by atoms with Crippen LogP contribution in [0.5, 0.6) is 0 Å². The smallest absolute Gasteiger partial charge is 0.662 e. The molecule has 0 amide bonds. The molecule has 0 aromatic heterocycles. The molecule has 2 rings (SSSR count). The van der Waals surface area contributed by atoms with E-state index in [1.54, 1.807) is 0 Å². The molecule has 6 N–H and O–H groups in total. The maximum absolute atomic E-state index is 9.00. The van der Waals surface area contributed by atoms with Crippen LogP contribution in [0, 0.1) is 0 Å². The second-order valence-corrected chi connectivity index (χ2v) is 4.16. The van der Waals surface area contributed by atoms with E-state index in [1.807, 2.05) is 0 Å². The van der Waals surface area contributed by atoms with Crippen molar-refractivity contribution < 1.29 is 47.2 Å². The number of carbonyl (C=O) groups is 2. The largest absolute Gasteiger partial charge is 2.00 e. The van der Waals surface area contributed by atoms with Crippen molar-refractivity contribution in [2.24, 2.45) is 0 Å². The third-order valence-electron chi connectivity index (χ3n) is 1.99. The number of carboxylic acids is 2. The van der Waals surface area contributed by atoms with Crippen LogP contribution < -0.4 is 0 Å². The zero-order valence-electron chi connectivity index (χ0n) is 13.7. The zero-order valence-corrected chi connectivity index (χ0v) is 14.7. The Morgan fingerprint density at radius 3 is 1.35 bits per heavy atom. The standard InChI is InChI=1S/C5H10N.C5H8N.2C2H4O2.Ni.2H2O/c2*1-2-4-6-5-3-1;2*1-2(3)4;;;/h1-5H2;1-2H,3-5H2;2*1H3,(H,3,4);;2*1H2/q2*-1;;;+2;;. The first-order chi connectivity index (χ1) is 9.46. The number of carboxylic acid groups (broad SMARTS) is 2. The first kappa shape index (κ1) is 33.6. The van der Waals surface area contributed by atoms with Crippen LogP contribution in [-0.2, 0) is 26.1 Å². The average Bonchev–Trinajstić information content (AvgIpc) is 2.42. The maximum Gasteiger partial charge on any atom is 2.00 e. The molecule has 2 heterocycles. The number of aliphatic carboxylic acids is 2. The van der Waals surface area contributed by atoms with E-state index in [4.69, 9.17) is 19.8 Å². The van der Waals surface area contributed by atoms with Gasteiger partial charge in [0.2, 0.25) is 0 Å². The molecule has 2 aliphatic rings. The zero-order chi connectivity index (χ0) is 15.6. The molecule has 0 aromatic carbocycles. The molecule has 0 spiro atoms. The summed E-state index contributed by atoms with van der Waals surface area (Å²) in [6.07, 6.45) is 9.50. The van der Waals surface area contributed by atoms with Gasteiger partial charge in [-0.3, -0.25) is 9.59 Å². The van der Waals surface area contributed by atoms with E-state index in [0.29, 0.717) is 0 Å². The Kier molecular flexibility index (Phi) is 42.5. The minimum atomic E-state index is -0.833. The van der Waals surface area contributed by atoms with E-state index >= 15 is 0 Å². The van der Waals surface area contributed by atoms with Gasteiger partial charge in [0.25, 0.3) is 11.9 Å². The molecule has 9 heteroatoms. The van der Waals surface area contributed by atoms with Crippen molar-refractivity contribution in [1.29, 1.82) is 0 Å². The van der Waals surface area contributed by atoms with Gasteiger partial charge < -0.3 is 31.8 Å². The molecule has 142 valence electrons. The van der Waals surface area contributed by atoms with Gasteiger partial charge in [-0.1, -0.05) is 31.8 Å².